The van der Waals surface area contributed by atoms with Crippen molar-refractivity contribution in [1.29, 1.82) is 0 Å². The lowest BCUT2D eigenvalue weighted by molar-refractivity contribution is -0.143. The van der Waals surface area contributed by atoms with Gasteiger partial charge in [-0.3, -0.25) is 0 Å². The summed E-state index contributed by atoms with van der Waals surface area (Å²) in [6.07, 6.45) is -3.61. The van der Waals surface area contributed by atoms with E-state index in [0.29, 0.717) is 50.9 Å². The quantitative estimate of drug-likeness (QED) is 0.772. The SMILES string of the molecule is C[C@H]1Oc2c(cc(C3CNC3)nc2C(F)(F)F)Nc2nccc(N3CCOCC3)c21. The van der Waals surface area contributed by atoms with E-state index in [2.05, 4.69) is 25.5 Å². The van der Waals surface area contributed by atoms with Gasteiger partial charge >= 0.3 is 6.18 Å². The minimum absolute atomic E-state index is 0.0500. The first-order valence-electron chi connectivity index (χ1n) is 10.00. The Balaban J connectivity index is 1.61. The van der Waals surface area contributed by atoms with Crippen LogP contribution in [0.2, 0.25) is 0 Å². The van der Waals surface area contributed by atoms with Crippen molar-refractivity contribution in [3.8, 4) is 5.75 Å². The summed E-state index contributed by atoms with van der Waals surface area (Å²) in [5.74, 6) is 0.171. The third-order valence-corrected chi connectivity index (χ3v) is 5.73. The smallest absolute Gasteiger partial charge is 0.437 e. The lowest BCUT2D eigenvalue weighted by atomic mass is 9.97. The molecule has 2 saturated heterocycles. The van der Waals surface area contributed by atoms with Crippen LogP contribution in [0.3, 0.4) is 0 Å². The molecule has 5 heterocycles. The molecule has 0 bridgehead atoms. The summed E-state index contributed by atoms with van der Waals surface area (Å²) < 4.78 is 53.0. The number of alkyl halides is 3. The predicted molar refractivity (Wildman–Crippen MR) is 104 cm³/mol. The number of morpholine rings is 1. The van der Waals surface area contributed by atoms with Gasteiger partial charge in [0.25, 0.3) is 0 Å². The van der Waals surface area contributed by atoms with E-state index < -0.39 is 18.0 Å². The fraction of sp³-hybridized carbons (Fsp3) is 0.500. The standard InChI is InChI=1S/C20H22F3N5O2/c1-11-16-15(28-4-6-29-7-5-28)2-3-25-19(16)27-14-8-13(12-9-24-10-12)26-18(17(14)30-11)20(21,22)23/h2-3,8,11-12,24H,4-7,9-10H2,1H3,(H,25,27)/t11-/m1/s1. The number of ether oxygens (including phenoxy) is 2. The molecule has 0 saturated carbocycles. The molecule has 0 unspecified atom stereocenters. The van der Waals surface area contributed by atoms with Crippen LogP contribution in [-0.4, -0.2) is 49.4 Å². The van der Waals surface area contributed by atoms with E-state index in [9.17, 15) is 13.2 Å². The number of hydrogen-bond donors (Lipinski definition) is 2. The number of hydrogen-bond acceptors (Lipinski definition) is 7. The van der Waals surface area contributed by atoms with Crippen molar-refractivity contribution in [3.63, 3.8) is 0 Å². The summed E-state index contributed by atoms with van der Waals surface area (Å²) in [7, 11) is 0. The first-order chi connectivity index (χ1) is 14.4. The Morgan fingerprint density at radius 2 is 1.97 bits per heavy atom. The predicted octanol–water partition coefficient (Wildman–Crippen LogP) is 3.22. The first-order valence-corrected chi connectivity index (χ1v) is 10.00. The van der Waals surface area contributed by atoms with Gasteiger partial charge in [-0.2, -0.15) is 13.2 Å². The normalized spacial score (nSPS) is 21.6. The van der Waals surface area contributed by atoms with Crippen LogP contribution in [0, 0.1) is 0 Å². The number of aromatic nitrogens is 2. The van der Waals surface area contributed by atoms with E-state index in [1.165, 1.54) is 0 Å². The first kappa shape index (κ1) is 19.4. The van der Waals surface area contributed by atoms with E-state index in [-0.39, 0.29) is 17.4 Å². The molecular formula is C20H22F3N5O2. The Morgan fingerprint density at radius 3 is 2.63 bits per heavy atom. The number of anilines is 3. The number of halogens is 3. The van der Waals surface area contributed by atoms with Crippen molar-refractivity contribution in [3.05, 3.63) is 35.3 Å². The van der Waals surface area contributed by atoms with Crippen molar-refractivity contribution in [2.24, 2.45) is 0 Å². The van der Waals surface area contributed by atoms with Gasteiger partial charge in [0, 0.05) is 49.7 Å². The van der Waals surface area contributed by atoms with E-state index in [0.717, 1.165) is 11.3 Å². The average molecular weight is 421 g/mol. The van der Waals surface area contributed by atoms with Crippen LogP contribution in [0.1, 0.15) is 35.9 Å². The molecule has 30 heavy (non-hydrogen) atoms. The third kappa shape index (κ3) is 3.33. The number of fused-ring (bicyclic) bond motifs is 2. The summed E-state index contributed by atoms with van der Waals surface area (Å²) in [4.78, 5) is 10.5. The highest BCUT2D eigenvalue weighted by molar-refractivity contribution is 5.75. The molecule has 1 atom stereocenters. The van der Waals surface area contributed by atoms with Crippen LogP contribution in [0.15, 0.2) is 18.3 Å². The molecule has 7 nitrogen and oxygen atoms in total. The highest BCUT2D eigenvalue weighted by Crippen LogP contribution is 2.47. The fourth-order valence-electron chi connectivity index (χ4n) is 4.07. The minimum atomic E-state index is -4.63. The number of nitrogens with zero attached hydrogens (tertiary/aromatic N) is 3. The Morgan fingerprint density at radius 1 is 1.20 bits per heavy atom. The van der Waals surface area contributed by atoms with Crippen LogP contribution in [0.5, 0.6) is 5.75 Å². The molecule has 10 heteroatoms. The Bertz CT molecular complexity index is 958. The van der Waals surface area contributed by atoms with Crippen molar-refractivity contribution in [2.75, 3.05) is 49.6 Å². The maximum Gasteiger partial charge on any atom is 0.437 e. The molecule has 2 aromatic rings. The number of nitrogens with one attached hydrogen (secondary N) is 2. The second kappa shape index (κ2) is 7.28. The topological polar surface area (TPSA) is 71.5 Å². The van der Waals surface area contributed by atoms with Crippen LogP contribution in [-0.2, 0) is 10.9 Å². The molecule has 0 aromatic carbocycles. The second-order valence-electron chi connectivity index (χ2n) is 7.70. The molecule has 160 valence electrons. The summed E-state index contributed by atoms with van der Waals surface area (Å²) in [6, 6.07) is 3.52. The lowest BCUT2D eigenvalue weighted by Gasteiger charge is -2.31. The number of rotatable bonds is 2. The molecule has 2 N–H and O–H groups in total. The summed E-state index contributed by atoms with van der Waals surface area (Å²) in [5.41, 5.74) is 1.27. The van der Waals surface area contributed by atoms with E-state index in [4.69, 9.17) is 9.47 Å². The Kier molecular flexibility index (Phi) is 4.70. The minimum Gasteiger partial charge on any atom is -0.481 e. The molecule has 0 radical (unpaired) electrons. The Labute approximate surface area is 171 Å². The van der Waals surface area contributed by atoms with Gasteiger partial charge in [-0.1, -0.05) is 0 Å². The second-order valence-corrected chi connectivity index (χ2v) is 7.70. The monoisotopic (exact) mass is 421 g/mol. The van der Waals surface area contributed by atoms with Crippen molar-refractivity contribution < 1.29 is 22.6 Å². The average Bonchev–Trinajstić information content (AvgIpc) is 2.82. The van der Waals surface area contributed by atoms with Gasteiger partial charge in [-0.25, -0.2) is 9.97 Å². The third-order valence-electron chi connectivity index (χ3n) is 5.73. The van der Waals surface area contributed by atoms with Crippen molar-refractivity contribution in [2.45, 2.75) is 25.1 Å². The van der Waals surface area contributed by atoms with Gasteiger partial charge in [-0.05, 0) is 19.1 Å². The van der Waals surface area contributed by atoms with Gasteiger partial charge in [0.15, 0.2) is 11.4 Å². The van der Waals surface area contributed by atoms with Gasteiger partial charge < -0.3 is 25.0 Å². The molecule has 5 rings (SSSR count). The van der Waals surface area contributed by atoms with Gasteiger partial charge in [-0.15, -0.1) is 0 Å². The Hall–Kier alpha value is -2.59. The molecule has 3 aliphatic rings. The fourth-order valence-corrected chi connectivity index (χ4v) is 4.07. The largest absolute Gasteiger partial charge is 0.481 e. The zero-order valence-corrected chi connectivity index (χ0v) is 16.4. The van der Waals surface area contributed by atoms with Crippen LogP contribution in [0.25, 0.3) is 0 Å². The maximum absolute atomic E-state index is 13.9. The van der Waals surface area contributed by atoms with Gasteiger partial charge in [0.1, 0.15) is 11.9 Å². The zero-order chi connectivity index (χ0) is 20.9. The maximum atomic E-state index is 13.9. The molecular weight excluding hydrogens is 399 g/mol. The zero-order valence-electron chi connectivity index (χ0n) is 16.4. The summed E-state index contributed by atoms with van der Waals surface area (Å²) >= 11 is 0. The van der Waals surface area contributed by atoms with E-state index in [1.807, 2.05) is 6.07 Å². The molecule has 3 aliphatic heterocycles. The van der Waals surface area contributed by atoms with Crippen molar-refractivity contribution in [1.82, 2.24) is 15.3 Å². The van der Waals surface area contributed by atoms with Crippen LogP contribution < -0.4 is 20.3 Å². The van der Waals surface area contributed by atoms with Crippen LogP contribution in [0.4, 0.5) is 30.4 Å². The molecule has 0 amide bonds. The lowest BCUT2D eigenvalue weighted by Crippen LogP contribution is -2.40. The van der Waals surface area contributed by atoms with Crippen LogP contribution >= 0.6 is 0 Å². The molecule has 0 aliphatic carbocycles. The molecule has 2 fully saturated rings. The van der Waals surface area contributed by atoms with Gasteiger partial charge in [0.2, 0.25) is 0 Å². The highest BCUT2D eigenvalue weighted by Gasteiger charge is 2.41. The van der Waals surface area contributed by atoms with E-state index >= 15 is 0 Å². The summed E-state index contributed by atoms with van der Waals surface area (Å²) in [6.45, 7) is 5.55. The summed E-state index contributed by atoms with van der Waals surface area (Å²) in [5, 5.41) is 6.19. The molecule has 0 spiro atoms. The molecule has 2 aromatic heterocycles. The highest BCUT2D eigenvalue weighted by atomic mass is 19.4. The van der Waals surface area contributed by atoms with E-state index in [1.54, 1.807) is 19.2 Å². The van der Waals surface area contributed by atoms with Crippen molar-refractivity contribution >= 4 is 17.2 Å². The van der Waals surface area contributed by atoms with Gasteiger partial charge in [0.05, 0.1) is 24.5 Å². The number of pyridine rings is 2.